The van der Waals surface area contributed by atoms with E-state index in [1.54, 1.807) is 6.07 Å². The van der Waals surface area contributed by atoms with Crippen molar-refractivity contribution in [1.29, 1.82) is 5.26 Å². The Hall–Kier alpha value is -0.360. The van der Waals surface area contributed by atoms with Crippen molar-refractivity contribution in [2.75, 3.05) is 0 Å². The number of hydrogen-bond donors (Lipinski definition) is 2. The summed E-state index contributed by atoms with van der Waals surface area (Å²) in [5.41, 5.74) is 0. The molecular formula is C3H5NO3P. The summed E-state index contributed by atoms with van der Waals surface area (Å²) in [7, 11) is -4.03. The van der Waals surface area contributed by atoms with Gasteiger partial charge in [0, 0.05) is 0 Å². The molecule has 0 aromatic rings. The molecule has 0 saturated heterocycles. The minimum atomic E-state index is -4.03. The molecule has 0 aromatic carbocycles. The molecule has 0 spiro atoms. The lowest BCUT2D eigenvalue weighted by molar-refractivity contribution is 0.380. The van der Waals surface area contributed by atoms with Gasteiger partial charge in [0.05, 0.1) is 18.7 Å². The van der Waals surface area contributed by atoms with Crippen LogP contribution in [0.3, 0.4) is 0 Å². The predicted molar refractivity (Wildman–Crippen MR) is 26.6 cm³/mol. The molecule has 0 rings (SSSR count). The maximum Gasteiger partial charge on any atom is 0.330 e. The third-order valence-electron chi connectivity index (χ3n) is 0.420. The average Bonchev–Trinajstić information content (AvgIpc) is 1.59. The van der Waals surface area contributed by atoms with E-state index in [1.807, 2.05) is 0 Å². The lowest BCUT2D eigenvalue weighted by Gasteiger charge is -1.94. The Labute approximate surface area is 46.9 Å². The highest BCUT2D eigenvalue weighted by atomic mass is 31.2. The first-order chi connectivity index (χ1) is 3.56. The highest BCUT2D eigenvalue weighted by Gasteiger charge is 2.11. The predicted octanol–water partition coefficient (Wildman–Crippen LogP) is 0.240. The number of nitriles is 1. The van der Waals surface area contributed by atoms with Crippen LogP contribution in [0.1, 0.15) is 6.42 Å². The fourth-order valence-electron chi connectivity index (χ4n) is 0.160. The molecule has 0 amide bonds. The summed E-state index contributed by atoms with van der Waals surface area (Å²) in [6, 6.07) is 1.58. The van der Waals surface area contributed by atoms with Crippen LogP contribution in [-0.4, -0.2) is 9.79 Å². The Kier molecular flexibility index (Phi) is 2.70. The Morgan fingerprint density at radius 3 is 2.38 bits per heavy atom. The number of hydrogen-bond acceptors (Lipinski definition) is 2. The molecule has 2 N–H and O–H groups in total. The third kappa shape index (κ3) is 5.64. The molecule has 0 fully saturated rings. The van der Waals surface area contributed by atoms with Crippen molar-refractivity contribution < 1.29 is 14.4 Å². The fraction of sp³-hybridized carbons (Fsp3) is 0.333. The summed E-state index contributed by atoms with van der Waals surface area (Å²) >= 11 is 0. The van der Waals surface area contributed by atoms with Gasteiger partial charge in [-0.3, -0.25) is 4.57 Å². The van der Waals surface area contributed by atoms with Gasteiger partial charge in [-0.1, -0.05) is 0 Å². The van der Waals surface area contributed by atoms with Gasteiger partial charge in [-0.15, -0.1) is 0 Å². The van der Waals surface area contributed by atoms with Crippen LogP contribution >= 0.6 is 7.60 Å². The lowest BCUT2D eigenvalue weighted by Crippen LogP contribution is -1.76. The summed E-state index contributed by atoms with van der Waals surface area (Å²) in [6.07, 6.45) is 0.470. The van der Waals surface area contributed by atoms with Crippen LogP contribution in [0, 0.1) is 17.5 Å². The Morgan fingerprint density at radius 2 is 2.25 bits per heavy atom. The molecule has 0 unspecified atom stereocenters. The maximum absolute atomic E-state index is 9.88. The van der Waals surface area contributed by atoms with E-state index in [9.17, 15) is 4.57 Å². The van der Waals surface area contributed by atoms with Gasteiger partial charge in [-0.25, -0.2) is 0 Å². The molecule has 0 aliphatic heterocycles. The normalized spacial score (nSPS) is 10.6. The minimum absolute atomic E-state index is 0.204. The van der Waals surface area contributed by atoms with E-state index in [4.69, 9.17) is 15.0 Å². The van der Waals surface area contributed by atoms with E-state index < -0.39 is 7.60 Å². The van der Waals surface area contributed by atoms with Crippen LogP contribution in [0.15, 0.2) is 0 Å². The Balaban J connectivity index is 3.45. The van der Waals surface area contributed by atoms with Crippen molar-refractivity contribution in [2.45, 2.75) is 6.42 Å². The van der Waals surface area contributed by atoms with Crippen molar-refractivity contribution in [3.05, 3.63) is 6.16 Å². The molecule has 4 nitrogen and oxygen atoms in total. The largest absolute Gasteiger partial charge is 0.330 e. The first kappa shape index (κ1) is 7.64. The molecule has 0 atom stereocenters. The molecule has 45 valence electrons. The summed E-state index contributed by atoms with van der Waals surface area (Å²) in [5.74, 6) is 0. The topological polar surface area (TPSA) is 81.3 Å². The summed E-state index contributed by atoms with van der Waals surface area (Å²) in [4.78, 5) is 16.1. The first-order valence-corrected chi connectivity index (χ1v) is 3.51. The van der Waals surface area contributed by atoms with Crippen molar-refractivity contribution in [1.82, 2.24) is 0 Å². The Morgan fingerprint density at radius 1 is 1.75 bits per heavy atom. The third-order valence-corrected chi connectivity index (χ3v) is 1.08. The van der Waals surface area contributed by atoms with Crippen LogP contribution in [0.5, 0.6) is 0 Å². The van der Waals surface area contributed by atoms with E-state index in [0.717, 1.165) is 0 Å². The molecule has 0 heterocycles. The summed E-state index contributed by atoms with van der Waals surface area (Å²) in [5, 5.41) is 7.80. The van der Waals surface area contributed by atoms with Gasteiger partial charge in [0.1, 0.15) is 0 Å². The monoisotopic (exact) mass is 134 g/mol. The summed E-state index contributed by atoms with van der Waals surface area (Å²) in [6.45, 7) is 0. The molecule has 8 heavy (non-hydrogen) atoms. The minimum Gasteiger partial charge on any atom is -0.324 e. The number of rotatable bonds is 2. The standard InChI is InChI=1S/C3H5NO3P/c4-2-1-3-8(5,6)7/h3H,1H2,(H2,5,6,7). The molecule has 5 heteroatoms. The van der Waals surface area contributed by atoms with Crippen LogP contribution in [0.2, 0.25) is 0 Å². The molecule has 0 saturated carbocycles. The molecule has 1 radical (unpaired) electrons. The molecule has 0 aromatic heterocycles. The van der Waals surface area contributed by atoms with Gasteiger partial charge < -0.3 is 9.79 Å². The summed E-state index contributed by atoms with van der Waals surface area (Å²) < 4.78 is 9.88. The second kappa shape index (κ2) is 2.83. The second-order valence-electron chi connectivity index (χ2n) is 1.13. The average molecular weight is 134 g/mol. The quantitative estimate of drug-likeness (QED) is 0.530. The van der Waals surface area contributed by atoms with Crippen LogP contribution in [-0.2, 0) is 4.57 Å². The number of nitrogens with zero attached hydrogens (tertiary/aromatic N) is 1. The van der Waals surface area contributed by atoms with Gasteiger partial charge in [-0.05, 0) is 0 Å². The second-order valence-corrected chi connectivity index (χ2v) is 2.68. The van der Waals surface area contributed by atoms with E-state index in [2.05, 4.69) is 0 Å². The zero-order chi connectivity index (χ0) is 6.62. The van der Waals surface area contributed by atoms with Gasteiger partial charge in [0.15, 0.2) is 0 Å². The molecular weight excluding hydrogens is 129 g/mol. The van der Waals surface area contributed by atoms with E-state index in [0.29, 0.717) is 6.16 Å². The van der Waals surface area contributed by atoms with Crippen molar-refractivity contribution in [3.8, 4) is 6.07 Å². The van der Waals surface area contributed by atoms with E-state index >= 15 is 0 Å². The van der Waals surface area contributed by atoms with E-state index in [1.165, 1.54) is 0 Å². The van der Waals surface area contributed by atoms with Gasteiger partial charge in [0.25, 0.3) is 0 Å². The SMILES string of the molecule is N#CC[CH]P(=O)(O)O. The van der Waals surface area contributed by atoms with Gasteiger partial charge in [-0.2, -0.15) is 5.26 Å². The zero-order valence-corrected chi connectivity index (χ0v) is 4.88. The molecule has 0 aliphatic carbocycles. The van der Waals surface area contributed by atoms with E-state index in [-0.39, 0.29) is 6.42 Å². The van der Waals surface area contributed by atoms with Gasteiger partial charge >= 0.3 is 7.60 Å². The maximum atomic E-state index is 9.88. The van der Waals surface area contributed by atoms with Crippen LogP contribution in [0.25, 0.3) is 0 Å². The highest BCUT2D eigenvalue weighted by molar-refractivity contribution is 7.54. The van der Waals surface area contributed by atoms with Crippen molar-refractivity contribution in [3.63, 3.8) is 0 Å². The Bertz CT molecular complexity index is 143. The lowest BCUT2D eigenvalue weighted by atomic mass is 10.6. The van der Waals surface area contributed by atoms with Gasteiger partial charge in [0.2, 0.25) is 0 Å². The van der Waals surface area contributed by atoms with Crippen LogP contribution in [0.4, 0.5) is 0 Å². The highest BCUT2D eigenvalue weighted by Crippen LogP contribution is 2.39. The molecule has 0 bridgehead atoms. The fourth-order valence-corrected chi connectivity index (χ4v) is 0.479. The van der Waals surface area contributed by atoms with Crippen molar-refractivity contribution >= 4 is 7.60 Å². The molecule has 0 aliphatic rings. The first-order valence-electron chi connectivity index (χ1n) is 1.83. The smallest absolute Gasteiger partial charge is 0.324 e. The zero-order valence-electron chi connectivity index (χ0n) is 3.98. The van der Waals surface area contributed by atoms with Crippen LogP contribution < -0.4 is 0 Å². The van der Waals surface area contributed by atoms with Crippen molar-refractivity contribution in [2.24, 2.45) is 0 Å².